The van der Waals surface area contributed by atoms with Crippen LogP contribution in [0.15, 0.2) is 66.0 Å². The molecular formula is C19H18F3N5O3S. The lowest BCUT2D eigenvalue weighted by molar-refractivity contribution is -0.141. The maximum atomic E-state index is 12.7. The molecule has 0 radical (unpaired) electrons. The number of hydrogen-bond donors (Lipinski definition) is 1. The lowest BCUT2D eigenvalue weighted by Gasteiger charge is -2.16. The third-order valence-corrected chi connectivity index (χ3v) is 6.07. The Bertz CT molecular complexity index is 1150. The Labute approximate surface area is 176 Å². The molecule has 2 heterocycles. The molecule has 0 unspecified atom stereocenters. The normalized spacial score (nSPS) is 12.2. The van der Waals surface area contributed by atoms with E-state index in [1.165, 1.54) is 37.8 Å². The van der Waals surface area contributed by atoms with Crippen LogP contribution in [0.4, 0.5) is 13.2 Å². The molecule has 164 valence electrons. The summed E-state index contributed by atoms with van der Waals surface area (Å²) in [6.45, 7) is -0.268. The number of nitrogens with one attached hydrogen (secondary N) is 1. The summed E-state index contributed by atoms with van der Waals surface area (Å²) in [5.41, 5.74) is 0.111. The molecule has 0 fully saturated rings. The summed E-state index contributed by atoms with van der Waals surface area (Å²) in [6.07, 6.45) is -0.674. The molecule has 31 heavy (non-hydrogen) atoms. The maximum absolute atomic E-state index is 12.7. The van der Waals surface area contributed by atoms with Crippen molar-refractivity contribution in [2.24, 2.45) is 0 Å². The van der Waals surface area contributed by atoms with Crippen LogP contribution < -0.4 is 5.32 Å². The predicted molar refractivity (Wildman–Crippen MR) is 104 cm³/mol. The van der Waals surface area contributed by atoms with E-state index in [1.807, 2.05) is 0 Å². The summed E-state index contributed by atoms with van der Waals surface area (Å²) in [4.78, 5) is 15.9. The van der Waals surface area contributed by atoms with Gasteiger partial charge in [0.2, 0.25) is 15.9 Å². The van der Waals surface area contributed by atoms with E-state index in [0.29, 0.717) is 11.3 Å². The Morgan fingerprint density at radius 1 is 1.16 bits per heavy atom. The quantitative estimate of drug-likeness (QED) is 0.592. The third-order valence-electron chi connectivity index (χ3n) is 4.28. The molecule has 1 N–H and O–H groups in total. The van der Waals surface area contributed by atoms with E-state index in [4.69, 9.17) is 0 Å². The van der Waals surface area contributed by atoms with Gasteiger partial charge in [0, 0.05) is 32.2 Å². The van der Waals surface area contributed by atoms with Crippen LogP contribution in [0, 0.1) is 0 Å². The summed E-state index contributed by atoms with van der Waals surface area (Å²) < 4.78 is 64.8. The van der Waals surface area contributed by atoms with Crippen LogP contribution in [0.1, 0.15) is 11.3 Å². The van der Waals surface area contributed by atoms with Crippen molar-refractivity contribution >= 4 is 15.9 Å². The molecule has 0 spiro atoms. The molecule has 3 aromatic rings. The number of sulfonamides is 1. The molecule has 0 aliphatic heterocycles. The molecule has 1 aromatic carbocycles. The van der Waals surface area contributed by atoms with Crippen molar-refractivity contribution in [3.8, 4) is 5.69 Å². The van der Waals surface area contributed by atoms with Gasteiger partial charge in [0.1, 0.15) is 4.90 Å². The van der Waals surface area contributed by atoms with Crippen molar-refractivity contribution in [1.82, 2.24) is 24.4 Å². The number of pyridine rings is 1. The molecule has 12 heteroatoms. The number of alkyl halides is 3. The van der Waals surface area contributed by atoms with E-state index >= 15 is 0 Å². The van der Waals surface area contributed by atoms with Crippen LogP contribution in [0.3, 0.4) is 0 Å². The van der Waals surface area contributed by atoms with E-state index in [1.54, 1.807) is 24.3 Å². The topological polar surface area (TPSA) is 97.2 Å². The molecule has 0 bridgehead atoms. The van der Waals surface area contributed by atoms with E-state index in [2.05, 4.69) is 15.4 Å². The number of likely N-dealkylation sites (N-methyl/N-ethyl adjacent to an activating group) is 1. The average Bonchev–Trinajstić information content (AvgIpc) is 3.24. The Morgan fingerprint density at radius 3 is 2.45 bits per heavy atom. The second-order valence-corrected chi connectivity index (χ2v) is 8.58. The van der Waals surface area contributed by atoms with E-state index in [-0.39, 0.29) is 18.0 Å². The second-order valence-electron chi connectivity index (χ2n) is 6.54. The Kier molecular flexibility index (Phi) is 6.41. The SMILES string of the molecule is CN(CC(=O)NCc1ccc(-n2ccc(C(F)(F)F)n2)cc1)S(=O)(=O)c1cccnc1. The maximum Gasteiger partial charge on any atom is 0.435 e. The van der Waals surface area contributed by atoms with Crippen LogP contribution in [0.5, 0.6) is 0 Å². The summed E-state index contributed by atoms with van der Waals surface area (Å²) in [5.74, 6) is -0.513. The number of carbonyl (C=O) groups is 1. The number of halogens is 3. The van der Waals surface area contributed by atoms with Crippen molar-refractivity contribution in [1.29, 1.82) is 0 Å². The average molecular weight is 453 g/mol. The van der Waals surface area contributed by atoms with Crippen molar-refractivity contribution < 1.29 is 26.4 Å². The summed E-state index contributed by atoms with van der Waals surface area (Å²) in [7, 11) is -2.55. The van der Waals surface area contributed by atoms with Gasteiger partial charge in [0.25, 0.3) is 0 Å². The van der Waals surface area contributed by atoms with Gasteiger partial charge in [-0.3, -0.25) is 9.78 Å². The molecule has 8 nitrogen and oxygen atoms in total. The first-order chi connectivity index (χ1) is 14.6. The van der Waals surface area contributed by atoms with Crippen molar-refractivity contribution in [2.45, 2.75) is 17.6 Å². The van der Waals surface area contributed by atoms with Gasteiger partial charge in [-0.05, 0) is 35.9 Å². The van der Waals surface area contributed by atoms with Crippen LogP contribution in [-0.2, 0) is 27.5 Å². The zero-order valence-corrected chi connectivity index (χ0v) is 17.1. The number of rotatable bonds is 7. The fraction of sp³-hybridized carbons (Fsp3) is 0.211. The minimum absolute atomic E-state index is 0.0202. The molecular weight excluding hydrogens is 435 g/mol. The highest BCUT2D eigenvalue weighted by molar-refractivity contribution is 7.89. The molecule has 1 amide bonds. The van der Waals surface area contributed by atoms with Crippen molar-refractivity contribution in [2.75, 3.05) is 13.6 Å². The number of benzene rings is 1. The molecule has 2 aromatic heterocycles. The van der Waals surface area contributed by atoms with Gasteiger partial charge in [0.15, 0.2) is 5.69 Å². The zero-order chi connectivity index (χ0) is 22.6. The second kappa shape index (κ2) is 8.86. The Balaban J connectivity index is 1.56. The fourth-order valence-electron chi connectivity index (χ4n) is 2.61. The number of hydrogen-bond acceptors (Lipinski definition) is 5. The molecule has 0 aliphatic carbocycles. The highest BCUT2D eigenvalue weighted by Crippen LogP contribution is 2.27. The first-order valence-electron chi connectivity index (χ1n) is 8.92. The van der Waals surface area contributed by atoms with Gasteiger partial charge in [0.05, 0.1) is 12.2 Å². The molecule has 0 saturated carbocycles. The minimum atomic E-state index is -4.52. The number of amides is 1. The molecule has 3 rings (SSSR count). The predicted octanol–water partition coefficient (Wildman–Crippen LogP) is 2.22. The lowest BCUT2D eigenvalue weighted by atomic mass is 10.2. The summed E-state index contributed by atoms with van der Waals surface area (Å²) in [5, 5.41) is 6.10. The highest BCUT2D eigenvalue weighted by atomic mass is 32.2. The first kappa shape index (κ1) is 22.4. The molecule has 0 atom stereocenters. The standard InChI is InChI=1S/C19H18F3N5O3S/c1-26(31(29,30)16-3-2-9-23-12-16)13-18(28)24-11-14-4-6-15(7-5-14)27-10-8-17(25-27)19(20,21)22/h2-10,12H,11,13H2,1H3,(H,24,28). The van der Waals surface area contributed by atoms with Gasteiger partial charge in [-0.15, -0.1) is 0 Å². The Morgan fingerprint density at radius 2 is 1.87 bits per heavy atom. The zero-order valence-electron chi connectivity index (χ0n) is 16.2. The smallest absolute Gasteiger partial charge is 0.351 e. The van der Waals surface area contributed by atoms with Crippen LogP contribution in [-0.4, -0.2) is 47.0 Å². The third kappa shape index (κ3) is 5.47. The van der Waals surface area contributed by atoms with Crippen molar-refractivity contribution in [3.63, 3.8) is 0 Å². The highest BCUT2D eigenvalue weighted by Gasteiger charge is 2.33. The fourth-order valence-corrected chi connectivity index (χ4v) is 3.70. The van der Waals surface area contributed by atoms with E-state index in [9.17, 15) is 26.4 Å². The number of nitrogens with zero attached hydrogens (tertiary/aromatic N) is 4. The lowest BCUT2D eigenvalue weighted by Crippen LogP contribution is -2.38. The van der Waals surface area contributed by atoms with Gasteiger partial charge in [-0.25, -0.2) is 13.1 Å². The van der Waals surface area contributed by atoms with Crippen molar-refractivity contribution in [3.05, 3.63) is 72.3 Å². The van der Waals surface area contributed by atoms with Gasteiger partial charge in [-0.1, -0.05) is 12.1 Å². The largest absolute Gasteiger partial charge is 0.435 e. The number of aromatic nitrogens is 3. The van der Waals surface area contributed by atoms with Crippen LogP contribution in [0.2, 0.25) is 0 Å². The molecule has 0 aliphatic rings. The molecule has 0 saturated heterocycles. The Hall–Kier alpha value is -3.25. The van der Waals surface area contributed by atoms with E-state index < -0.39 is 27.8 Å². The van der Waals surface area contributed by atoms with Gasteiger partial charge < -0.3 is 5.32 Å². The summed E-state index contributed by atoms with van der Waals surface area (Å²) >= 11 is 0. The van der Waals surface area contributed by atoms with Gasteiger partial charge >= 0.3 is 6.18 Å². The number of carbonyl (C=O) groups excluding carboxylic acids is 1. The first-order valence-corrected chi connectivity index (χ1v) is 10.4. The van der Waals surface area contributed by atoms with Gasteiger partial charge in [-0.2, -0.15) is 22.6 Å². The summed E-state index contributed by atoms with van der Waals surface area (Å²) in [6, 6.07) is 10.1. The van der Waals surface area contributed by atoms with Crippen LogP contribution >= 0.6 is 0 Å². The van der Waals surface area contributed by atoms with Crippen LogP contribution in [0.25, 0.3) is 5.69 Å². The minimum Gasteiger partial charge on any atom is -0.351 e. The van der Waals surface area contributed by atoms with E-state index in [0.717, 1.165) is 15.1 Å². The monoisotopic (exact) mass is 453 g/mol.